The third-order valence-electron chi connectivity index (χ3n) is 8.11. The molecule has 2 fully saturated rings. The Labute approximate surface area is 241 Å². The molecule has 1 aliphatic heterocycles. The molecular formula is C30H42F2N6O3. The summed E-state index contributed by atoms with van der Waals surface area (Å²) >= 11 is 0. The number of alkyl halides is 2. The quantitative estimate of drug-likeness (QED) is 0.442. The summed E-state index contributed by atoms with van der Waals surface area (Å²) in [6.45, 7) is 13.6. The van der Waals surface area contributed by atoms with E-state index in [9.17, 15) is 18.4 Å². The maximum atomic E-state index is 13.9. The van der Waals surface area contributed by atoms with E-state index in [1.807, 2.05) is 45.6 Å². The molecule has 1 unspecified atom stereocenters. The lowest BCUT2D eigenvalue weighted by Gasteiger charge is -2.47. The Bertz CT molecular complexity index is 1280. The van der Waals surface area contributed by atoms with Gasteiger partial charge in [-0.2, -0.15) is 0 Å². The Hall–Kier alpha value is -3.37. The predicted molar refractivity (Wildman–Crippen MR) is 154 cm³/mol. The van der Waals surface area contributed by atoms with Crippen LogP contribution in [-0.4, -0.2) is 76.5 Å². The summed E-state index contributed by atoms with van der Waals surface area (Å²) in [4.78, 5) is 43.7. The highest BCUT2D eigenvalue weighted by atomic mass is 19.3. The van der Waals surface area contributed by atoms with Crippen LogP contribution in [0.4, 0.5) is 20.4 Å². The van der Waals surface area contributed by atoms with Gasteiger partial charge in [0, 0.05) is 39.0 Å². The summed E-state index contributed by atoms with van der Waals surface area (Å²) in [6, 6.07) is 1.88. The Kier molecular flexibility index (Phi) is 8.84. The molecule has 1 N–H and O–H groups in total. The van der Waals surface area contributed by atoms with Gasteiger partial charge in [0.2, 0.25) is 5.92 Å². The molecule has 224 valence electrons. The molecule has 9 nitrogen and oxygen atoms in total. The van der Waals surface area contributed by atoms with Crippen molar-refractivity contribution in [2.45, 2.75) is 84.6 Å². The van der Waals surface area contributed by atoms with E-state index in [1.165, 1.54) is 13.3 Å². The van der Waals surface area contributed by atoms with Gasteiger partial charge in [-0.3, -0.25) is 4.79 Å². The van der Waals surface area contributed by atoms with Crippen molar-refractivity contribution in [3.8, 4) is 0 Å². The van der Waals surface area contributed by atoms with E-state index < -0.39 is 17.4 Å². The number of anilines is 2. The fraction of sp³-hybridized carbons (Fsp3) is 0.633. The number of nitrogens with one attached hydrogen (secondary N) is 1. The molecule has 3 heterocycles. The molecular weight excluding hydrogens is 530 g/mol. The second kappa shape index (κ2) is 11.9. The average molecular weight is 573 g/mol. The SMILES string of the molecule is COC(=O)c1c(C)cc(N2CCN(C(=O)c3cnc(NCC4CCCC(F)(F)C4)c(C(C)C)n3)C(C)(C)C2)nc1C. The molecule has 2 aromatic rings. The maximum Gasteiger partial charge on any atom is 0.339 e. The predicted octanol–water partition coefficient (Wildman–Crippen LogP) is 5.38. The number of nitrogens with zero attached hydrogens (tertiary/aromatic N) is 5. The summed E-state index contributed by atoms with van der Waals surface area (Å²) in [6.07, 6.45) is 2.60. The Morgan fingerprint density at radius 2 is 1.93 bits per heavy atom. The number of piperazine rings is 1. The summed E-state index contributed by atoms with van der Waals surface area (Å²) in [5.41, 5.74) is 2.23. The Morgan fingerprint density at radius 3 is 2.54 bits per heavy atom. The second-order valence-electron chi connectivity index (χ2n) is 12.3. The van der Waals surface area contributed by atoms with Crippen LogP contribution in [0.3, 0.4) is 0 Å². The molecule has 1 amide bonds. The molecule has 2 aromatic heterocycles. The van der Waals surface area contributed by atoms with E-state index >= 15 is 0 Å². The average Bonchev–Trinajstić information content (AvgIpc) is 2.89. The van der Waals surface area contributed by atoms with Crippen LogP contribution in [0.1, 0.15) is 97.1 Å². The van der Waals surface area contributed by atoms with Crippen molar-refractivity contribution in [2.75, 3.05) is 43.5 Å². The standard InChI is InChI=1S/C30H42F2N6O3/c1-18(2)25-26(33-15-21-9-8-10-30(31,32)14-21)34-16-22(36-25)27(39)38-12-11-37(17-29(38,5)6)23-13-19(3)24(20(4)35-23)28(40)41-7/h13,16,18,21H,8-12,14-15,17H2,1-7H3,(H,33,34). The fourth-order valence-corrected chi connectivity index (χ4v) is 5.99. The monoisotopic (exact) mass is 572 g/mol. The Balaban J connectivity index is 1.48. The van der Waals surface area contributed by atoms with Crippen LogP contribution in [0.5, 0.6) is 0 Å². The molecule has 1 saturated carbocycles. The smallest absolute Gasteiger partial charge is 0.339 e. The number of carbonyl (C=O) groups excluding carboxylic acids is 2. The summed E-state index contributed by atoms with van der Waals surface area (Å²) in [7, 11) is 1.35. The zero-order chi connectivity index (χ0) is 30.1. The van der Waals surface area contributed by atoms with E-state index in [0.29, 0.717) is 55.4 Å². The minimum atomic E-state index is -2.61. The largest absolute Gasteiger partial charge is 0.465 e. The van der Waals surface area contributed by atoms with E-state index in [2.05, 4.69) is 20.2 Å². The van der Waals surface area contributed by atoms with E-state index in [-0.39, 0.29) is 36.3 Å². The lowest BCUT2D eigenvalue weighted by atomic mass is 9.86. The minimum Gasteiger partial charge on any atom is -0.465 e. The number of hydrogen-bond acceptors (Lipinski definition) is 8. The summed E-state index contributed by atoms with van der Waals surface area (Å²) < 4.78 is 32.6. The van der Waals surface area contributed by atoms with Gasteiger partial charge in [-0.25, -0.2) is 28.5 Å². The van der Waals surface area contributed by atoms with Crippen molar-refractivity contribution in [2.24, 2.45) is 5.92 Å². The molecule has 41 heavy (non-hydrogen) atoms. The van der Waals surface area contributed by atoms with Crippen molar-refractivity contribution >= 4 is 23.5 Å². The van der Waals surface area contributed by atoms with Crippen LogP contribution >= 0.6 is 0 Å². The molecule has 1 saturated heterocycles. The van der Waals surface area contributed by atoms with Crippen molar-refractivity contribution in [1.82, 2.24) is 19.9 Å². The highest BCUT2D eigenvalue weighted by Crippen LogP contribution is 2.37. The van der Waals surface area contributed by atoms with E-state index in [0.717, 1.165) is 17.8 Å². The van der Waals surface area contributed by atoms with Gasteiger partial charge in [0.25, 0.3) is 5.91 Å². The highest BCUT2D eigenvalue weighted by Gasteiger charge is 2.39. The molecule has 0 spiro atoms. The van der Waals surface area contributed by atoms with Gasteiger partial charge in [0.1, 0.15) is 17.3 Å². The number of pyridine rings is 1. The lowest BCUT2D eigenvalue weighted by molar-refractivity contribution is -0.0502. The van der Waals surface area contributed by atoms with Crippen LogP contribution in [0, 0.1) is 19.8 Å². The van der Waals surface area contributed by atoms with Crippen LogP contribution in [0.25, 0.3) is 0 Å². The van der Waals surface area contributed by atoms with Gasteiger partial charge < -0.3 is 19.9 Å². The first kappa shape index (κ1) is 30.6. The maximum absolute atomic E-state index is 13.9. The van der Waals surface area contributed by atoms with Crippen LogP contribution in [0.15, 0.2) is 12.3 Å². The number of esters is 1. The second-order valence-corrected chi connectivity index (χ2v) is 12.3. The van der Waals surface area contributed by atoms with Crippen molar-refractivity contribution < 1.29 is 23.1 Å². The van der Waals surface area contributed by atoms with E-state index in [1.54, 1.807) is 6.92 Å². The van der Waals surface area contributed by atoms with Crippen LogP contribution in [0.2, 0.25) is 0 Å². The van der Waals surface area contributed by atoms with E-state index in [4.69, 9.17) is 9.72 Å². The zero-order valence-corrected chi connectivity index (χ0v) is 25.2. The lowest BCUT2D eigenvalue weighted by Crippen LogP contribution is -2.61. The number of rotatable bonds is 7. The van der Waals surface area contributed by atoms with Gasteiger partial charge in [-0.05, 0) is 64.0 Å². The first-order valence-corrected chi connectivity index (χ1v) is 14.3. The Morgan fingerprint density at radius 1 is 1.20 bits per heavy atom. The number of methoxy groups -OCH3 is 1. The normalized spacial score (nSPS) is 20.2. The van der Waals surface area contributed by atoms with Gasteiger partial charge in [0.15, 0.2) is 0 Å². The zero-order valence-electron chi connectivity index (χ0n) is 25.2. The van der Waals surface area contributed by atoms with Crippen LogP contribution < -0.4 is 10.2 Å². The number of aryl methyl sites for hydroxylation is 2. The molecule has 0 bridgehead atoms. The van der Waals surface area contributed by atoms with Gasteiger partial charge in [-0.15, -0.1) is 0 Å². The molecule has 1 aliphatic carbocycles. The van der Waals surface area contributed by atoms with Crippen molar-refractivity contribution in [3.63, 3.8) is 0 Å². The summed E-state index contributed by atoms with van der Waals surface area (Å²) in [5.74, 6) is -2.07. The number of hydrogen-bond donors (Lipinski definition) is 1. The van der Waals surface area contributed by atoms with Crippen LogP contribution in [-0.2, 0) is 4.74 Å². The van der Waals surface area contributed by atoms with Gasteiger partial charge in [-0.1, -0.05) is 13.8 Å². The van der Waals surface area contributed by atoms with Gasteiger partial charge >= 0.3 is 5.97 Å². The first-order valence-electron chi connectivity index (χ1n) is 14.3. The third-order valence-corrected chi connectivity index (χ3v) is 8.11. The summed E-state index contributed by atoms with van der Waals surface area (Å²) in [5, 5.41) is 3.24. The van der Waals surface area contributed by atoms with Crippen molar-refractivity contribution in [1.29, 1.82) is 0 Å². The van der Waals surface area contributed by atoms with Gasteiger partial charge in [0.05, 0.1) is 35.8 Å². The topological polar surface area (TPSA) is 101 Å². The minimum absolute atomic E-state index is 0.0130. The third kappa shape index (κ3) is 6.76. The molecule has 0 aromatic carbocycles. The molecule has 11 heteroatoms. The molecule has 1 atom stereocenters. The molecule has 0 radical (unpaired) electrons. The number of amides is 1. The highest BCUT2D eigenvalue weighted by molar-refractivity contribution is 5.93. The number of carbonyl (C=O) groups is 2. The molecule has 2 aliphatic rings. The fourth-order valence-electron chi connectivity index (χ4n) is 5.99. The number of ether oxygens (including phenoxy) is 1. The number of halogens is 2. The van der Waals surface area contributed by atoms with Crippen molar-refractivity contribution in [3.05, 3.63) is 40.5 Å². The number of aromatic nitrogens is 3. The molecule has 4 rings (SSSR count). The first-order chi connectivity index (χ1) is 19.2.